The summed E-state index contributed by atoms with van der Waals surface area (Å²) in [5, 5.41) is 13.6. The summed E-state index contributed by atoms with van der Waals surface area (Å²) in [7, 11) is 0. The Balaban J connectivity index is 2.23. The van der Waals surface area contributed by atoms with E-state index in [1.165, 1.54) is 0 Å². The summed E-state index contributed by atoms with van der Waals surface area (Å²) in [4.78, 5) is 0. The van der Waals surface area contributed by atoms with E-state index in [1.54, 1.807) is 17.1 Å². The summed E-state index contributed by atoms with van der Waals surface area (Å²) >= 11 is 0. The van der Waals surface area contributed by atoms with E-state index in [0.29, 0.717) is 12.4 Å². The number of rotatable bonds is 7. The second-order valence-corrected chi connectivity index (χ2v) is 3.88. The fourth-order valence-electron chi connectivity index (χ4n) is 1.14. The third-order valence-corrected chi connectivity index (χ3v) is 2.00. The number of aryl methyl sites for hydroxylation is 1. The van der Waals surface area contributed by atoms with Crippen molar-refractivity contribution in [1.29, 1.82) is 0 Å². The summed E-state index contributed by atoms with van der Waals surface area (Å²) in [6, 6.07) is 0. The van der Waals surface area contributed by atoms with Gasteiger partial charge in [0.1, 0.15) is 12.7 Å². The van der Waals surface area contributed by atoms with Crippen LogP contribution in [-0.2, 0) is 11.3 Å². The van der Waals surface area contributed by atoms with E-state index in [-0.39, 0.29) is 12.7 Å². The average molecular weight is 228 g/mol. The lowest BCUT2D eigenvalue weighted by Gasteiger charge is -2.13. The molecule has 1 rings (SSSR count). The first-order valence-electron chi connectivity index (χ1n) is 5.56. The van der Waals surface area contributed by atoms with E-state index < -0.39 is 6.10 Å². The molecule has 92 valence electrons. The molecule has 1 N–H and O–H groups in total. The van der Waals surface area contributed by atoms with Crippen LogP contribution in [0.15, 0.2) is 12.4 Å². The van der Waals surface area contributed by atoms with Crippen LogP contribution in [0.3, 0.4) is 0 Å². The van der Waals surface area contributed by atoms with Crippen molar-refractivity contribution < 1.29 is 14.6 Å². The lowest BCUT2D eigenvalue weighted by molar-refractivity contribution is -0.0122. The molecule has 0 bridgehead atoms. The highest BCUT2D eigenvalue weighted by atomic mass is 16.5. The first-order valence-corrected chi connectivity index (χ1v) is 5.56. The number of ether oxygens (including phenoxy) is 2. The molecule has 5 nitrogen and oxygen atoms in total. The van der Waals surface area contributed by atoms with Crippen LogP contribution in [0.4, 0.5) is 0 Å². The maximum absolute atomic E-state index is 9.55. The number of aliphatic hydroxyl groups is 1. The van der Waals surface area contributed by atoms with E-state index in [4.69, 9.17) is 9.47 Å². The van der Waals surface area contributed by atoms with Gasteiger partial charge in [-0.25, -0.2) is 0 Å². The van der Waals surface area contributed by atoms with Gasteiger partial charge in [0.15, 0.2) is 5.75 Å². The molecular formula is C11H20N2O3. The van der Waals surface area contributed by atoms with Crippen LogP contribution in [0.2, 0.25) is 0 Å². The van der Waals surface area contributed by atoms with Crippen LogP contribution in [0.5, 0.6) is 5.75 Å². The molecule has 0 spiro atoms. The standard InChI is InChI=1S/C11H20N2O3/c1-4-13-6-11(5-12-13)16-8-10(14)7-15-9(2)3/h5-6,9-10,14H,4,7-8H2,1-3H3/t10-/m1/s1. The molecule has 0 unspecified atom stereocenters. The van der Waals surface area contributed by atoms with Crippen LogP contribution < -0.4 is 4.74 Å². The minimum Gasteiger partial charge on any atom is -0.488 e. The molecule has 0 saturated heterocycles. The van der Waals surface area contributed by atoms with Gasteiger partial charge in [0.2, 0.25) is 0 Å². The second-order valence-electron chi connectivity index (χ2n) is 3.88. The molecule has 0 aliphatic carbocycles. The van der Waals surface area contributed by atoms with Crippen LogP contribution in [0.25, 0.3) is 0 Å². The Bertz CT molecular complexity index is 299. The highest BCUT2D eigenvalue weighted by Gasteiger charge is 2.07. The predicted molar refractivity (Wildman–Crippen MR) is 60.5 cm³/mol. The highest BCUT2D eigenvalue weighted by Crippen LogP contribution is 2.08. The van der Waals surface area contributed by atoms with Gasteiger partial charge in [0.05, 0.1) is 25.1 Å². The molecular weight excluding hydrogens is 208 g/mol. The Morgan fingerprint density at radius 2 is 2.19 bits per heavy atom. The van der Waals surface area contributed by atoms with E-state index >= 15 is 0 Å². The normalized spacial score (nSPS) is 13.1. The Kier molecular flexibility index (Phi) is 5.28. The minimum atomic E-state index is -0.604. The summed E-state index contributed by atoms with van der Waals surface area (Å²) in [6.45, 7) is 7.18. The van der Waals surface area contributed by atoms with E-state index in [9.17, 15) is 5.11 Å². The van der Waals surface area contributed by atoms with Gasteiger partial charge in [0.25, 0.3) is 0 Å². The fraction of sp³-hybridized carbons (Fsp3) is 0.727. The van der Waals surface area contributed by atoms with Gasteiger partial charge in [-0.1, -0.05) is 0 Å². The first-order chi connectivity index (χ1) is 7.61. The van der Waals surface area contributed by atoms with Crippen molar-refractivity contribution in [3.8, 4) is 5.75 Å². The molecule has 1 atom stereocenters. The van der Waals surface area contributed by atoms with E-state index in [0.717, 1.165) is 6.54 Å². The SMILES string of the molecule is CCn1cc(OC[C@H](O)COC(C)C)cn1. The molecule has 0 radical (unpaired) electrons. The Morgan fingerprint density at radius 3 is 2.75 bits per heavy atom. The molecule has 1 heterocycles. The highest BCUT2D eigenvalue weighted by molar-refractivity contribution is 5.11. The third-order valence-electron chi connectivity index (χ3n) is 2.00. The summed E-state index contributed by atoms with van der Waals surface area (Å²) in [6.07, 6.45) is 2.96. The second kappa shape index (κ2) is 6.50. The summed E-state index contributed by atoms with van der Waals surface area (Å²) in [5.74, 6) is 0.672. The minimum absolute atomic E-state index is 0.123. The molecule has 0 saturated carbocycles. The topological polar surface area (TPSA) is 56.5 Å². The van der Waals surface area contributed by atoms with Crippen molar-refractivity contribution >= 4 is 0 Å². The van der Waals surface area contributed by atoms with E-state index in [1.807, 2.05) is 20.8 Å². The lowest BCUT2D eigenvalue weighted by atomic mass is 10.4. The molecule has 0 fully saturated rings. The fourth-order valence-corrected chi connectivity index (χ4v) is 1.14. The van der Waals surface area contributed by atoms with Gasteiger partial charge in [-0.2, -0.15) is 5.10 Å². The summed E-state index contributed by atoms with van der Waals surface area (Å²) < 4.78 is 12.4. The van der Waals surface area contributed by atoms with Gasteiger partial charge in [0, 0.05) is 6.54 Å². The average Bonchev–Trinajstić information content (AvgIpc) is 2.71. The van der Waals surface area contributed by atoms with Crippen molar-refractivity contribution in [2.24, 2.45) is 0 Å². The largest absolute Gasteiger partial charge is 0.488 e. The molecule has 0 aliphatic heterocycles. The number of nitrogens with zero attached hydrogens (tertiary/aromatic N) is 2. The lowest BCUT2D eigenvalue weighted by Crippen LogP contribution is -2.25. The molecule has 0 aromatic carbocycles. The Hall–Kier alpha value is -1.07. The van der Waals surface area contributed by atoms with Crippen LogP contribution in [0.1, 0.15) is 20.8 Å². The van der Waals surface area contributed by atoms with Crippen molar-refractivity contribution in [3.05, 3.63) is 12.4 Å². The summed E-state index contributed by atoms with van der Waals surface area (Å²) in [5.41, 5.74) is 0. The van der Waals surface area contributed by atoms with Crippen LogP contribution in [-0.4, -0.2) is 40.3 Å². The number of hydrogen-bond acceptors (Lipinski definition) is 4. The predicted octanol–water partition coefficient (Wildman–Crippen LogP) is 1.07. The van der Waals surface area contributed by atoms with E-state index in [2.05, 4.69) is 5.10 Å². The van der Waals surface area contributed by atoms with Gasteiger partial charge in [-0.15, -0.1) is 0 Å². The third kappa shape index (κ3) is 4.63. The van der Waals surface area contributed by atoms with Crippen LogP contribution in [0, 0.1) is 0 Å². The van der Waals surface area contributed by atoms with Gasteiger partial charge < -0.3 is 14.6 Å². The monoisotopic (exact) mass is 228 g/mol. The smallest absolute Gasteiger partial charge is 0.157 e. The Morgan fingerprint density at radius 1 is 1.44 bits per heavy atom. The van der Waals surface area contributed by atoms with Crippen LogP contribution >= 0.6 is 0 Å². The zero-order valence-corrected chi connectivity index (χ0v) is 10.1. The number of aliphatic hydroxyl groups excluding tert-OH is 1. The molecule has 1 aromatic heterocycles. The molecule has 5 heteroatoms. The van der Waals surface area contributed by atoms with Crippen molar-refractivity contribution in [2.45, 2.75) is 39.5 Å². The zero-order chi connectivity index (χ0) is 12.0. The molecule has 0 aliphatic rings. The maximum Gasteiger partial charge on any atom is 0.157 e. The quantitative estimate of drug-likeness (QED) is 0.758. The zero-order valence-electron chi connectivity index (χ0n) is 10.1. The molecule has 1 aromatic rings. The maximum atomic E-state index is 9.55. The first kappa shape index (κ1) is 13.0. The van der Waals surface area contributed by atoms with Gasteiger partial charge in [-0.05, 0) is 20.8 Å². The Labute approximate surface area is 96.0 Å². The van der Waals surface area contributed by atoms with Gasteiger partial charge in [-0.3, -0.25) is 4.68 Å². The number of hydrogen-bond donors (Lipinski definition) is 1. The van der Waals surface area contributed by atoms with Crippen molar-refractivity contribution in [3.63, 3.8) is 0 Å². The molecule has 16 heavy (non-hydrogen) atoms. The molecule has 0 amide bonds. The number of aromatic nitrogens is 2. The van der Waals surface area contributed by atoms with Gasteiger partial charge >= 0.3 is 0 Å². The van der Waals surface area contributed by atoms with Crippen molar-refractivity contribution in [2.75, 3.05) is 13.2 Å². The van der Waals surface area contributed by atoms with Crippen molar-refractivity contribution in [1.82, 2.24) is 9.78 Å².